The second kappa shape index (κ2) is 15.8. The first-order chi connectivity index (χ1) is 17.9. The maximum atomic E-state index is 11.0. The number of unbranched alkanes of at least 4 members (excludes halogenated alkanes) is 15. The van der Waals surface area contributed by atoms with Gasteiger partial charge in [0, 0.05) is 6.54 Å². The van der Waals surface area contributed by atoms with Crippen molar-refractivity contribution in [3.8, 4) is 11.5 Å². The Morgan fingerprint density at radius 3 is 1.95 bits per heavy atom. The normalized spacial score (nSPS) is 17.3. The maximum Gasteiger partial charge on any atom is 0.132 e. The van der Waals surface area contributed by atoms with Crippen molar-refractivity contribution < 1.29 is 9.84 Å². The second-order valence-corrected chi connectivity index (χ2v) is 12.4. The van der Waals surface area contributed by atoms with Crippen molar-refractivity contribution in [1.29, 1.82) is 0 Å². The summed E-state index contributed by atoms with van der Waals surface area (Å²) in [7, 11) is 0. The van der Waals surface area contributed by atoms with E-state index in [1.807, 2.05) is 6.07 Å². The lowest BCUT2D eigenvalue weighted by molar-refractivity contribution is 0.137. The first-order valence-electron chi connectivity index (χ1n) is 15.9. The third kappa shape index (κ3) is 9.34. The number of rotatable bonds is 18. The van der Waals surface area contributed by atoms with Gasteiger partial charge >= 0.3 is 0 Å². The smallest absolute Gasteiger partial charge is 0.132 e. The zero-order valence-electron chi connectivity index (χ0n) is 24.7. The van der Waals surface area contributed by atoms with Crippen LogP contribution in [0.1, 0.15) is 160 Å². The minimum atomic E-state index is -0.299. The van der Waals surface area contributed by atoms with Crippen molar-refractivity contribution in [2.75, 3.05) is 13.1 Å². The molecular formula is C34H57NO2. The van der Waals surface area contributed by atoms with Gasteiger partial charge in [0.1, 0.15) is 17.1 Å². The summed E-state index contributed by atoms with van der Waals surface area (Å²) in [5.41, 5.74) is 4.41. The van der Waals surface area contributed by atoms with E-state index < -0.39 is 0 Å². The summed E-state index contributed by atoms with van der Waals surface area (Å²) in [5, 5.41) is 14.4. The molecule has 0 fully saturated rings. The largest absolute Gasteiger partial charge is 0.507 e. The first-order valence-corrected chi connectivity index (χ1v) is 15.9. The lowest BCUT2D eigenvalue weighted by Crippen LogP contribution is -2.40. The van der Waals surface area contributed by atoms with Gasteiger partial charge in [-0.1, -0.05) is 117 Å². The van der Waals surface area contributed by atoms with E-state index in [9.17, 15) is 5.11 Å². The Kier molecular flexibility index (Phi) is 12.9. The van der Waals surface area contributed by atoms with Gasteiger partial charge in [-0.25, -0.2) is 0 Å². The van der Waals surface area contributed by atoms with Crippen molar-refractivity contribution in [2.24, 2.45) is 0 Å². The Morgan fingerprint density at radius 1 is 0.838 bits per heavy atom. The summed E-state index contributed by atoms with van der Waals surface area (Å²) in [6.07, 6.45) is 24.7. The van der Waals surface area contributed by atoms with Crippen LogP contribution in [0.5, 0.6) is 11.5 Å². The summed E-state index contributed by atoms with van der Waals surface area (Å²) < 4.78 is 6.45. The topological polar surface area (TPSA) is 41.5 Å². The quantitative estimate of drug-likeness (QED) is 0.193. The molecule has 37 heavy (non-hydrogen) atoms. The fourth-order valence-corrected chi connectivity index (χ4v) is 6.38. The number of fused-ring (bicyclic) bond motifs is 2. The van der Waals surface area contributed by atoms with Gasteiger partial charge in [-0.15, -0.1) is 0 Å². The van der Waals surface area contributed by atoms with Gasteiger partial charge in [-0.05, 0) is 68.0 Å². The third-order valence-corrected chi connectivity index (χ3v) is 8.77. The molecule has 0 saturated heterocycles. The Labute approximate surface area is 228 Å². The molecule has 1 atom stereocenters. The van der Waals surface area contributed by atoms with Gasteiger partial charge in [0.25, 0.3) is 0 Å². The Balaban J connectivity index is 1.28. The van der Waals surface area contributed by atoms with Crippen LogP contribution in [0, 0.1) is 0 Å². The van der Waals surface area contributed by atoms with Gasteiger partial charge in [0.2, 0.25) is 0 Å². The standard InChI is InChI=1S/C34H57NO2/c1-5-6-7-8-9-10-11-12-13-14-15-16-17-18-19-20-21-27(2)28-24-31(36)33-29-26-35-23-22-30(29)34(3,4)37-32(33)25-28/h24-25,27,35-36H,5-23,26H2,1-4H3. The van der Waals surface area contributed by atoms with Crippen LogP contribution < -0.4 is 10.1 Å². The van der Waals surface area contributed by atoms with Crippen LogP contribution in [0.2, 0.25) is 0 Å². The van der Waals surface area contributed by atoms with E-state index in [0.29, 0.717) is 11.7 Å². The number of hydrogen-bond acceptors (Lipinski definition) is 3. The zero-order chi connectivity index (χ0) is 26.5. The Hall–Kier alpha value is -1.48. The average molecular weight is 512 g/mol. The molecule has 1 aromatic rings. The minimum Gasteiger partial charge on any atom is -0.507 e. The molecule has 2 aliphatic heterocycles. The summed E-state index contributed by atoms with van der Waals surface area (Å²) in [4.78, 5) is 0. The van der Waals surface area contributed by atoms with E-state index in [4.69, 9.17) is 4.74 Å². The van der Waals surface area contributed by atoms with Crippen molar-refractivity contribution in [2.45, 2.75) is 155 Å². The SMILES string of the molecule is CCCCCCCCCCCCCCCCCCC(C)c1cc(O)c2c(c1)OC(C)(C)C1=C2CNCC1. The molecule has 1 unspecified atom stereocenters. The number of hydrogen-bond donors (Lipinski definition) is 2. The van der Waals surface area contributed by atoms with Gasteiger partial charge in [-0.3, -0.25) is 0 Å². The lowest BCUT2D eigenvalue weighted by Gasteiger charge is -2.40. The molecule has 0 saturated carbocycles. The average Bonchev–Trinajstić information content (AvgIpc) is 2.87. The first kappa shape index (κ1) is 30.1. The third-order valence-electron chi connectivity index (χ3n) is 8.77. The van der Waals surface area contributed by atoms with E-state index in [-0.39, 0.29) is 5.60 Å². The van der Waals surface area contributed by atoms with Crippen LogP contribution in [0.4, 0.5) is 0 Å². The molecule has 0 bridgehead atoms. The van der Waals surface area contributed by atoms with E-state index in [0.717, 1.165) is 30.8 Å². The van der Waals surface area contributed by atoms with E-state index in [2.05, 4.69) is 39.1 Å². The van der Waals surface area contributed by atoms with Crippen molar-refractivity contribution in [3.05, 3.63) is 28.8 Å². The molecule has 3 nitrogen and oxygen atoms in total. The highest BCUT2D eigenvalue weighted by Crippen LogP contribution is 2.48. The van der Waals surface area contributed by atoms with Crippen LogP contribution >= 0.6 is 0 Å². The molecule has 2 aliphatic rings. The predicted octanol–water partition coefficient (Wildman–Crippen LogP) is 10.1. The molecule has 1 aromatic carbocycles. The van der Waals surface area contributed by atoms with E-state index in [1.54, 1.807) is 0 Å². The number of aromatic hydroxyl groups is 1. The van der Waals surface area contributed by atoms with Crippen LogP contribution in [0.15, 0.2) is 17.7 Å². The minimum absolute atomic E-state index is 0.299. The summed E-state index contributed by atoms with van der Waals surface area (Å²) >= 11 is 0. The second-order valence-electron chi connectivity index (χ2n) is 12.4. The molecule has 2 N–H and O–H groups in total. The van der Waals surface area contributed by atoms with Crippen molar-refractivity contribution in [1.82, 2.24) is 5.32 Å². The maximum absolute atomic E-state index is 11.0. The number of benzene rings is 1. The molecule has 0 aliphatic carbocycles. The van der Waals surface area contributed by atoms with Crippen LogP contribution in [-0.2, 0) is 0 Å². The summed E-state index contributed by atoms with van der Waals surface area (Å²) in [5.74, 6) is 1.69. The molecule has 0 amide bonds. The molecular weight excluding hydrogens is 454 g/mol. The van der Waals surface area contributed by atoms with Gasteiger partial charge in [0.15, 0.2) is 0 Å². The predicted molar refractivity (Wildman–Crippen MR) is 160 cm³/mol. The van der Waals surface area contributed by atoms with Crippen molar-refractivity contribution >= 4 is 5.57 Å². The van der Waals surface area contributed by atoms with Crippen LogP contribution in [-0.4, -0.2) is 23.8 Å². The van der Waals surface area contributed by atoms with E-state index >= 15 is 0 Å². The molecule has 3 heteroatoms. The number of ether oxygens (including phenoxy) is 1. The van der Waals surface area contributed by atoms with Crippen LogP contribution in [0.3, 0.4) is 0 Å². The molecule has 0 radical (unpaired) electrons. The highest BCUT2D eigenvalue weighted by molar-refractivity contribution is 5.82. The number of phenolic OH excluding ortho intramolecular Hbond substituents is 1. The summed E-state index contributed by atoms with van der Waals surface area (Å²) in [6, 6.07) is 4.20. The highest BCUT2D eigenvalue weighted by Gasteiger charge is 2.37. The van der Waals surface area contributed by atoms with Gasteiger partial charge < -0.3 is 15.2 Å². The van der Waals surface area contributed by atoms with E-state index in [1.165, 1.54) is 126 Å². The lowest BCUT2D eigenvalue weighted by atomic mass is 9.81. The number of nitrogens with one attached hydrogen (secondary N) is 1. The van der Waals surface area contributed by atoms with Crippen molar-refractivity contribution in [3.63, 3.8) is 0 Å². The molecule has 3 rings (SSSR count). The molecule has 0 spiro atoms. The molecule has 0 aromatic heterocycles. The fourth-order valence-electron chi connectivity index (χ4n) is 6.38. The Bertz CT molecular complexity index is 840. The zero-order valence-corrected chi connectivity index (χ0v) is 24.7. The Morgan fingerprint density at radius 2 is 1.38 bits per heavy atom. The van der Waals surface area contributed by atoms with Crippen LogP contribution in [0.25, 0.3) is 5.57 Å². The monoisotopic (exact) mass is 511 g/mol. The fraction of sp³-hybridized carbons (Fsp3) is 0.765. The molecule has 2 heterocycles. The van der Waals surface area contributed by atoms with Gasteiger partial charge in [-0.2, -0.15) is 0 Å². The summed E-state index contributed by atoms with van der Waals surface area (Å²) in [6.45, 7) is 10.7. The molecule has 210 valence electrons. The van der Waals surface area contributed by atoms with Gasteiger partial charge in [0.05, 0.1) is 5.56 Å². The highest BCUT2D eigenvalue weighted by atomic mass is 16.5. The number of phenols is 1.